The average Bonchev–Trinajstić information content (AvgIpc) is 2.95. The highest BCUT2D eigenvalue weighted by Crippen LogP contribution is 2.37. The predicted molar refractivity (Wildman–Crippen MR) is 101 cm³/mol. The number of ether oxygens (including phenoxy) is 3. The Hall–Kier alpha value is -2.77. The Morgan fingerprint density at radius 2 is 1.56 bits per heavy atom. The standard InChI is InChI=1S/C19H27N3O5/c1-25-15-10-13(11-16(26-2)17(15)27-3)12-20-22-19(24)18(23)21-14-8-6-4-5-7-9-14/h10-12,14H,4-9H2,1-3H3,(H,21,23)(H,22,24)/b20-12-. The molecule has 2 rings (SSSR count). The minimum atomic E-state index is -0.789. The van der Waals surface area contributed by atoms with Crippen LogP contribution in [0, 0.1) is 0 Å². The molecule has 1 saturated carbocycles. The first kappa shape index (κ1) is 20.5. The molecule has 0 aliphatic heterocycles. The summed E-state index contributed by atoms with van der Waals surface area (Å²) in [5.41, 5.74) is 2.86. The van der Waals surface area contributed by atoms with Crippen LogP contribution in [0.15, 0.2) is 17.2 Å². The third-order valence-corrected chi connectivity index (χ3v) is 4.46. The molecule has 148 valence electrons. The number of nitrogens with one attached hydrogen (secondary N) is 2. The lowest BCUT2D eigenvalue weighted by molar-refractivity contribution is -0.139. The first-order valence-electron chi connectivity index (χ1n) is 9.03. The largest absolute Gasteiger partial charge is 0.493 e. The monoisotopic (exact) mass is 377 g/mol. The van der Waals surface area contributed by atoms with Gasteiger partial charge < -0.3 is 19.5 Å². The van der Waals surface area contributed by atoms with Crippen molar-refractivity contribution in [2.75, 3.05) is 21.3 Å². The molecule has 1 fully saturated rings. The second-order valence-electron chi connectivity index (χ2n) is 6.32. The number of hydrogen-bond acceptors (Lipinski definition) is 6. The van der Waals surface area contributed by atoms with Gasteiger partial charge in [-0.2, -0.15) is 5.10 Å². The van der Waals surface area contributed by atoms with E-state index in [9.17, 15) is 9.59 Å². The summed E-state index contributed by atoms with van der Waals surface area (Å²) in [5.74, 6) is -0.0534. The molecule has 1 aliphatic carbocycles. The van der Waals surface area contributed by atoms with Gasteiger partial charge in [0.15, 0.2) is 11.5 Å². The number of methoxy groups -OCH3 is 3. The molecule has 0 aromatic heterocycles. The molecule has 1 aliphatic rings. The van der Waals surface area contributed by atoms with Crippen LogP contribution in [-0.2, 0) is 9.59 Å². The highest BCUT2D eigenvalue weighted by Gasteiger charge is 2.19. The molecule has 0 radical (unpaired) electrons. The van der Waals surface area contributed by atoms with Gasteiger partial charge in [-0.1, -0.05) is 25.7 Å². The smallest absolute Gasteiger partial charge is 0.329 e. The molecular weight excluding hydrogens is 350 g/mol. The van der Waals surface area contributed by atoms with Crippen molar-refractivity contribution in [1.29, 1.82) is 0 Å². The maximum absolute atomic E-state index is 12.0. The average molecular weight is 377 g/mol. The second-order valence-corrected chi connectivity index (χ2v) is 6.32. The summed E-state index contributed by atoms with van der Waals surface area (Å²) in [6, 6.07) is 3.43. The molecule has 8 heteroatoms. The van der Waals surface area contributed by atoms with Gasteiger partial charge in [-0.15, -0.1) is 0 Å². The summed E-state index contributed by atoms with van der Waals surface area (Å²) in [7, 11) is 4.54. The normalized spacial score (nSPS) is 15.1. The van der Waals surface area contributed by atoms with Crippen LogP contribution in [0.5, 0.6) is 17.2 Å². The van der Waals surface area contributed by atoms with E-state index in [1.807, 2.05) is 0 Å². The quantitative estimate of drug-likeness (QED) is 0.342. The Kier molecular flexibility index (Phi) is 7.91. The lowest BCUT2D eigenvalue weighted by Crippen LogP contribution is -2.43. The Morgan fingerprint density at radius 1 is 0.963 bits per heavy atom. The first-order valence-corrected chi connectivity index (χ1v) is 9.03. The van der Waals surface area contributed by atoms with Crippen molar-refractivity contribution in [2.45, 2.75) is 44.6 Å². The van der Waals surface area contributed by atoms with E-state index in [2.05, 4.69) is 15.8 Å². The van der Waals surface area contributed by atoms with Gasteiger partial charge in [-0.05, 0) is 25.0 Å². The van der Waals surface area contributed by atoms with Gasteiger partial charge in [0, 0.05) is 11.6 Å². The summed E-state index contributed by atoms with van der Waals surface area (Å²) in [6.45, 7) is 0. The van der Waals surface area contributed by atoms with Crippen LogP contribution in [-0.4, -0.2) is 45.4 Å². The Labute approximate surface area is 159 Å². The highest BCUT2D eigenvalue weighted by atomic mass is 16.5. The van der Waals surface area contributed by atoms with Crippen molar-refractivity contribution in [1.82, 2.24) is 10.7 Å². The summed E-state index contributed by atoms with van der Waals surface area (Å²) in [5, 5.41) is 6.62. The van der Waals surface area contributed by atoms with E-state index < -0.39 is 11.8 Å². The molecule has 0 atom stereocenters. The van der Waals surface area contributed by atoms with Gasteiger partial charge >= 0.3 is 11.8 Å². The number of carbonyl (C=O) groups is 2. The number of rotatable bonds is 6. The fourth-order valence-corrected chi connectivity index (χ4v) is 3.07. The van der Waals surface area contributed by atoms with Crippen LogP contribution in [0.3, 0.4) is 0 Å². The van der Waals surface area contributed by atoms with Gasteiger partial charge in [0.25, 0.3) is 0 Å². The van der Waals surface area contributed by atoms with E-state index >= 15 is 0 Å². The van der Waals surface area contributed by atoms with Crippen molar-refractivity contribution in [2.24, 2.45) is 5.10 Å². The molecule has 8 nitrogen and oxygen atoms in total. The molecular formula is C19H27N3O5. The van der Waals surface area contributed by atoms with Crippen molar-refractivity contribution in [3.05, 3.63) is 17.7 Å². The van der Waals surface area contributed by atoms with Crippen LogP contribution < -0.4 is 25.0 Å². The molecule has 0 heterocycles. The Bertz CT molecular complexity index is 657. The van der Waals surface area contributed by atoms with Crippen LogP contribution in [0.1, 0.15) is 44.1 Å². The fourth-order valence-electron chi connectivity index (χ4n) is 3.07. The molecule has 0 saturated heterocycles. The summed E-state index contributed by atoms with van der Waals surface area (Å²) < 4.78 is 15.8. The van der Waals surface area contributed by atoms with Crippen LogP contribution in [0.2, 0.25) is 0 Å². The van der Waals surface area contributed by atoms with E-state index in [0.717, 1.165) is 25.7 Å². The van der Waals surface area contributed by atoms with E-state index in [1.165, 1.54) is 40.4 Å². The van der Waals surface area contributed by atoms with Crippen molar-refractivity contribution in [3.63, 3.8) is 0 Å². The third kappa shape index (κ3) is 5.87. The molecule has 1 aromatic rings. The summed E-state index contributed by atoms with van der Waals surface area (Å²) in [6.07, 6.45) is 7.73. The zero-order chi connectivity index (χ0) is 19.6. The van der Waals surface area contributed by atoms with E-state index in [-0.39, 0.29) is 6.04 Å². The highest BCUT2D eigenvalue weighted by molar-refractivity contribution is 6.35. The Balaban J connectivity index is 1.95. The maximum Gasteiger partial charge on any atom is 0.329 e. The minimum absolute atomic E-state index is 0.0600. The first-order chi connectivity index (χ1) is 13.1. The summed E-state index contributed by atoms with van der Waals surface area (Å²) >= 11 is 0. The number of hydrazone groups is 1. The van der Waals surface area contributed by atoms with Crippen molar-refractivity contribution < 1.29 is 23.8 Å². The molecule has 2 N–H and O–H groups in total. The topological polar surface area (TPSA) is 98.2 Å². The predicted octanol–water partition coefficient (Wildman–Crippen LogP) is 2.00. The zero-order valence-corrected chi connectivity index (χ0v) is 16.0. The Morgan fingerprint density at radius 3 is 2.07 bits per heavy atom. The van der Waals surface area contributed by atoms with E-state index in [0.29, 0.717) is 22.8 Å². The van der Waals surface area contributed by atoms with Crippen molar-refractivity contribution in [3.8, 4) is 17.2 Å². The van der Waals surface area contributed by atoms with Crippen LogP contribution >= 0.6 is 0 Å². The lowest BCUT2D eigenvalue weighted by Gasteiger charge is -2.15. The fraction of sp³-hybridized carbons (Fsp3) is 0.526. The zero-order valence-electron chi connectivity index (χ0n) is 16.0. The molecule has 27 heavy (non-hydrogen) atoms. The van der Waals surface area contributed by atoms with Gasteiger partial charge in [0.2, 0.25) is 5.75 Å². The van der Waals surface area contributed by atoms with Gasteiger partial charge in [0.1, 0.15) is 0 Å². The number of hydrogen-bond donors (Lipinski definition) is 2. The molecule has 0 spiro atoms. The number of nitrogens with zero attached hydrogens (tertiary/aromatic N) is 1. The van der Waals surface area contributed by atoms with Crippen LogP contribution in [0.4, 0.5) is 0 Å². The van der Waals surface area contributed by atoms with Gasteiger partial charge in [-0.25, -0.2) is 5.43 Å². The van der Waals surface area contributed by atoms with Gasteiger partial charge in [-0.3, -0.25) is 9.59 Å². The second kappa shape index (κ2) is 10.4. The summed E-state index contributed by atoms with van der Waals surface area (Å²) in [4.78, 5) is 23.9. The van der Waals surface area contributed by atoms with E-state index in [4.69, 9.17) is 14.2 Å². The number of amides is 2. The third-order valence-electron chi connectivity index (χ3n) is 4.46. The maximum atomic E-state index is 12.0. The molecule has 0 unspecified atom stereocenters. The van der Waals surface area contributed by atoms with Gasteiger partial charge in [0.05, 0.1) is 27.5 Å². The molecule has 0 bridgehead atoms. The molecule has 1 aromatic carbocycles. The van der Waals surface area contributed by atoms with E-state index in [1.54, 1.807) is 12.1 Å². The SMILES string of the molecule is COc1cc(/C=N\NC(=O)C(=O)NC2CCCCCC2)cc(OC)c1OC. The molecule has 2 amide bonds. The number of carbonyl (C=O) groups excluding carboxylic acids is 2. The van der Waals surface area contributed by atoms with Crippen LogP contribution in [0.25, 0.3) is 0 Å². The van der Waals surface area contributed by atoms with Crippen molar-refractivity contribution >= 4 is 18.0 Å². The minimum Gasteiger partial charge on any atom is -0.493 e. The lowest BCUT2D eigenvalue weighted by atomic mass is 10.1. The number of benzene rings is 1.